The molecule has 1 spiro atoms. The third-order valence-corrected chi connectivity index (χ3v) is 7.78. The molecule has 4 aromatic rings. The van der Waals surface area contributed by atoms with Crippen LogP contribution < -0.4 is 25.0 Å². The van der Waals surface area contributed by atoms with Gasteiger partial charge in [-0.1, -0.05) is 23.2 Å². The number of halogens is 2. The van der Waals surface area contributed by atoms with E-state index in [2.05, 4.69) is 30.7 Å². The van der Waals surface area contributed by atoms with Crippen LogP contribution in [-0.4, -0.2) is 61.5 Å². The fourth-order valence-corrected chi connectivity index (χ4v) is 5.60. The van der Waals surface area contributed by atoms with Crippen molar-refractivity contribution in [3.05, 3.63) is 58.1 Å². The highest BCUT2D eigenvalue weighted by atomic mass is 35.5. The number of aromatic amines is 1. The highest BCUT2D eigenvalue weighted by Crippen LogP contribution is 2.45. The van der Waals surface area contributed by atoms with Crippen molar-refractivity contribution in [1.29, 1.82) is 0 Å². The van der Waals surface area contributed by atoms with E-state index in [1.165, 1.54) is 14.2 Å². The summed E-state index contributed by atoms with van der Waals surface area (Å²) >= 11 is 13.1. The second kappa shape index (κ2) is 9.09. The van der Waals surface area contributed by atoms with Crippen LogP contribution >= 0.6 is 23.2 Å². The minimum atomic E-state index is -0.254. The molecule has 37 heavy (non-hydrogen) atoms. The van der Waals surface area contributed by atoms with E-state index >= 15 is 0 Å². The minimum absolute atomic E-state index is 0.254. The number of ether oxygens (including phenoxy) is 2. The molecule has 3 N–H and O–H groups in total. The molecule has 1 amide bonds. The van der Waals surface area contributed by atoms with Gasteiger partial charge in [0.25, 0.3) is 5.91 Å². The van der Waals surface area contributed by atoms with Gasteiger partial charge in [-0.2, -0.15) is 5.10 Å². The van der Waals surface area contributed by atoms with Gasteiger partial charge in [0.2, 0.25) is 0 Å². The van der Waals surface area contributed by atoms with Gasteiger partial charge in [-0.15, -0.1) is 0 Å². The zero-order chi connectivity index (χ0) is 25.7. The van der Waals surface area contributed by atoms with E-state index in [1.807, 2.05) is 24.3 Å². The number of methoxy groups -OCH3 is 2. The van der Waals surface area contributed by atoms with Crippen LogP contribution in [0.2, 0.25) is 10.0 Å². The van der Waals surface area contributed by atoms with E-state index in [9.17, 15) is 4.79 Å². The SMILES string of the molecule is COc1cc(OC)c(Cl)c(-c2ccc3c(NC(=O)c4ccc(N5CC6(CNC6)C5)cc4)n[nH]c3n2)c1Cl. The molecule has 0 saturated carbocycles. The summed E-state index contributed by atoms with van der Waals surface area (Å²) in [6.07, 6.45) is 0. The standard InChI is InChI=1S/C26H24Cl2N6O3/c1-36-18-9-19(37-2)22(28)20(21(18)27)17-8-7-16-23(30-17)32-33-24(16)31-25(35)14-3-5-15(6-4-14)34-12-26(13-34)10-29-11-26/h3-9,29H,10-13H2,1-2H3,(H2,30,31,32,33,35). The molecule has 0 aliphatic carbocycles. The Morgan fingerprint density at radius 3 is 2.30 bits per heavy atom. The van der Waals surface area contributed by atoms with Crippen molar-refractivity contribution >= 4 is 51.6 Å². The molecule has 6 rings (SSSR count). The first-order chi connectivity index (χ1) is 17.9. The summed E-state index contributed by atoms with van der Waals surface area (Å²) in [5.74, 6) is 0.954. The van der Waals surface area contributed by atoms with Crippen LogP contribution in [0.25, 0.3) is 22.3 Å². The van der Waals surface area contributed by atoms with Gasteiger partial charge in [-0.25, -0.2) is 4.98 Å². The van der Waals surface area contributed by atoms with Crippen molar-refractivity contribution in [3.8, 4) is 22.8 Å². The second-order valence-electron chi connectivity index (χ2n) is 9.41. The maximum absolute atomic E-state index is 12.9. The molecule has 0 atom stereocenters. The van der Waals surface area contributed by atoms with Crippen LogP contribution in [0.3, 0.4) is 0 Å². The van der Waals surface area contributed by atoms with Crippen LogP contribution in [0.4, 0.5) is 11.5 Å². The molecule has 9 nitrogen and oxygen atoms in total. The molecule has 4 heterocycles. The first kappa shape index (κ1) is 23.8. The molecule has 2 fully saturated rings. The zero-order valence-corrected chi connectivity index (χ0v) is 21.7. The number of anilines is 2. The molecule has 2 aromatic heterocycles. The number of carbonyl (C=O) groups excluding carboxylic acids is 1. The van der Waals surface area contributed by atoms with Crippen molar-refractivity contribution < 1.29 is 14.3 Å². The molecule has 0 radical (unpaired) electrons. The quantitative estimate of drug-likeness (QED) is 0.329. The Morgan fingerprint density at radius 1 is 1.03 bits per heavy atom. The number of pyridine rings is 1. The molecule has 2 saturated heterocycles. The van der Waals surface area contributed by atoms with Crippen LogP contribution in [0.15, 0.2) is 42.5 Å². The average Bonchev–Trinajstić information content (AvgIpc) is 3.25. The Bertz CT molecular complexity index is 1480. The molecule has 190 valence electrons. The number of amides is 1. The molecule has 2 aliphatic rings. The normalized spacial score (nSPS) is 15.8. The topological polar surface area (TPSA) is 104 Å². The smallest absolute Gasteiger partial charge is 0.256 e. The molecule has 2 aromatic carbocycles. The Morgan fingerprint density at radius 2 is 1.70 bits per heavy atom. The van der Waals surface area contributed by atoms with Gasteiger partial charge in [-0.3, -0.25) is 9.89 Å². The van der Waals surface area contributed by atoms with Crippen LogP contribution in [0.5, 0.6) is 11.5 Å². The zero-order valence-electron chi connectivity index (χ0n) is 20.2. The van der Waals surface area contributed by atoms with Gasteiger partial charge in [0.15, 0.2) is 11.5 Å². The van der Waals surface area contributed by atoms with E-state index in [1.54, 1.807) is 18.2 Å². The monoisotopic (exact) mass is 538 g/mol. The van der Waals surface area contributed by atoms with Gasteiger partial charge < -0.3 is 25.0 Å². The predicted octanol–water partition coefficient (Wildman–Crippen LogP) is 4.61. The summed E-state index contributed by atoms with van der Waals surface area (Å²) in [5, 5.41) is 14.6. The summed E-state index contributed by atoms with van der Waals surface area (Å²) in [5.41, 5.74) is 3.56. The number of benzene rings is 2. The highest BCUT2D eigenvalue weighted by Gasteiger charge is 2.47. The van der Waals surface area contributed by atoms with Gasteiger partial charge in [0.1, 0.15) is 11.5 Å². The van der Waals surface area contributed by atoms with Crippen molar-refractivity contribution in [3.63, 3.8) is 0 Å². The van der Waals surface area contributed by atoms with Crippen molar-refractivity contribution in [2.75, 3.05) is 50.6 Å². The first-order valence-electron chi connectivity index (χ1n) is 11.7. The summed E-state index contributed by atoms with van der Waals surface area (Å²) in [7, 11) is 3.03. The van der Waals surface area contributed by atoms with Gasteiger partial charge >= 0.3 is 0 Å². The lowest BCUT2D eigenvalue weighted by molar-refractivity contribution is 0.102. The summed E-state index contributed by atoms with van der Waals surface area (Å²) in [4.78, 5) is 19.9. The van der Waals surface area contributed by atoms with Crippen molar-refractivity contribution in [2.45, 2.75) is 0 Å². The molecule has 11 heteroatoms. The number of rotatable bonds is 6. The third-order valence-electron chi connectivity index (χ3n) is 7.03. The van der Waals surface area contributed by atoms with Crippen molar-refractivity contribution in [1.82, 2.24) is 20.5 Å². The Labute approximate surface area is 223 Å². The van der Waals surface area contributed by atoms with Crippen LogP contribution in [0.1, 0.15) is 10.4 Å². The Balaban J connectivity index is 1.22. The fraction of sp³-hybridized carbons (Fsp3) is 0.269. The number of nitrogens with one attached hydrogen (secondary N) is 3. The van der Waals surface area contributed by atoms with Crippen LogP contribution in [0, 0.1) is 5.41 Å². The Kier molecular flexibility index (Phi) is 5.86. The third kappa shape index (κ3) is 4.03. The summed E-state index contributed by atoms with van der Waals surface area (Å²) < 4.78 is 10.7. The lowest BCUT2D eigenvalue weighted by Gasteiger charge is -2.57. The molecular formula is C26H24Cl2N6O3. The van der Waals surface area contributed by atoms with Gasteiger partial charge in [-0.05, 0) is 36.4 Å². The second-order valence-corrected chi connectivity index (χ2v) is 10.2. The van der Waals surface area contributed by atoms with Gasteiger partial charge in [0, 0.05) is 54.5 Å². The highest BCUT2D eigenvalue weighted by molar-refractivity contribution is 6.41. The Hall–Kier alpha value is -3.53. The predicted molar refractivity (Wildman–Crippen MR) is 144 cm³/mol. The maximum Gasteiger partial charge on any atom is 0.256 e. The van der Waals surface area contributed by atoms with Gasteiger partial charge in [0.05, 0.1) is 35.3 Å². The lowest BCUT2D eigenvalue weighted by Crippen LogP contribution is -2.71. The number of hydrogen-bond acceptors (Lipinski definition) is 7. The molecule has 0 unspecified atom stereocenters. The largest absolute Gasteiger partial charge is 0.495 e. The van der Waals surface area contributed by atoms with E-state index < -0.39 is 0 Å². The van der Waals surface area contributed by atoms with Crippen LogP contribution in [-0.2, 0) is 0 Å². The lowest BCUT2D eigenvalue weighted by atomic mass is 9.74. The van der Waals surface area contributed by atoms with E-state index in [0.717, 1.165) is 31.9 Å². The number of hydrogen-bond donors (Lipinski definition) is 3. The number of fused-ring (bicyclic) bond motifs is 1. The molecule has 2 aliphatic heterocycles. The van der Waals surface area contributed by atoms with E-state index in [4.69, 9.17) is 32.7 Å². The number of carbonyl (C=O) groups is 1. The number of aromatic nitrogens is 3. The minimum Gasteiger partial charge on any atom is -0.495 e. The maximum atomic E-state index is 12.9. The van der Waals surface area contributed by atoms with E-state index in [0.29, 0.717) is 60.6 Å². The fourth-order valence-electron chi connectivity index (χ4n) is 4.90. The first-order valence-corrected chi connectivity index (χ1v) is 12.5. The summed E-state index contributed by atoms with van der Waals surface area (Å²) in [6, 6.07) is 12.8. The molecular weight excluding hydrogens is 515 g/mol. The number of H-pyrrole nitrogens is 1. The van der Waals surface area contributed by atoms with Crippen molar-refractivity contribution in [2.24, 2.45) is 5.41 Å². The average molecular weight is 539 g/mol. The number of nitrogens with zero attached hydrogens (tertiary/aromatic N) is 3. The summed E-state index contributed by atoms with van der Waals surface area (Å²) in [6.45, 7) is 4.29. The van der Waals surface area contributed by atoms with E-state index in [-0.39, 0.29) is 5.91 Å². The molecule has 0 bridgehead atoms.